The van der Waals surface area contributed by atoms with E-state index in [4.69, 9.17) is 0 Å². The van der Waals surface area contributed by atoms with E-state index in [0.29, 0.717) is 5.56 Å². The molecule has 1 nitrogen and oxygen atoms in total. The fourth-order valence-corrected chi connectivity index (χ4v) is 1.79. The Labute approximate surface area is 95.7 Å². The van der Waals surface area contributed by atoms with Crippen molar-refractivity contribution >= 4 is 6.29 Å². The second-order valence-electron chi connectivity index (χ2n) is 4.06. The minimum Gasteiger partial charge on any atom is -0.298 e. The lowest BCUT2D eigenvalue weighted by Gasteiger charge is -2.07. The first-order valence-electron chi connectivity index (χ1n) is 5.33. The van der Waals surface area contributed by atoms with Crippen LogP contribution in [0.5, 0.6) is 0 Å². The highest BCUT2D eigenvalue weighted by Crippen LogP contribution is 2.24. The van der Waals surface area contributed by atoms with Gasteiger partial charge in [-0.25, -0.2) is 0 Å². The Morgan fingerprint density at radius 3 is 2.25 bits per heavy atom. The van der Waals surface area contributed by atoms with E-state index in [2.05, 4.69) is 32.0 Å². The van der Waals surface area contributed by atoms with Crippen molar-refractivity contribution in [3.63, 3.8) is 0 Å². The van der Waals surface area contributed by atoms with Gasteiger partial charge in [-0.1, -0.05) is 48.0 Å². The van der Waals surface area contributed by atoms with Crippen LogP contribution in [-0.4, -0.2) is 6.29 Å². The maximum Gasteiger partial charge on any atom is 0.150 e. The maximum atomic E-state index is 10.6. The van der Waals surface area contributed by atoms with Gasteiger partial charge in [0.15, 0.2) is 0 Å². The minimum atomic E-state index is 0.717. The second kappa shape index (κ2) is 4.31. The van der Waals surface area contributed by atoms with Gasteiger partial charge in [0.05, 0.1) is 0 Å². The van der Waals surface area contributed by atoms with Crippen LogP contribution in [0.3, 0.4) is 0 Å². The zero-order valence-corrected chi connectivity index (χ0v) is 9.53. The van der Waals surface area contributed by atoms with Crippen LogP contribution >= 0.6 is 0 Å². The number of carbonyl (C=O) groups is 1. The highest BCUT2D eigenvalue weighted by molar-refractivity contribution is 5.77. The molecule has 0 saturated carbocycles. The van der Waals surface area contributed by atoms with Gasteiger partial charge in [-0.05, 0) is 30.5 Å². The molecule has 1 heteroatoms. The van der Waals surface area contributed by atoms with Gasteiger partial charge in [0, 0.05) is 5.56 Å². The van der Waals surface area contributed by atoms with Gasteiger partial charge >= 0.3 is 0 Å². The molecule has 0 saturated heterocycles. The number of carbonyl (C=O) groups excluding carboxylic acids is 1. The van der Waals surface area contributed by atoms with Gasteiger partial charge in [0.25, 0.3) is 0 Å². The Bertz CT molecular complexity index is 509. The Kier molecular flexibility index (Phi) is 2.86. The lowest BCUT2D eigenvalue weighted by molar-refractivity contribution is 0.112. The highest BCUT2D eigenvalue weighted by Gasteiger charge is 2.01. The molecule has 0 spiro atoms. The summed E-state index contributed by atoms with van der Waals surface area (Å²) in [7, 11) is 0. The van der Waals surface area contributed by atoms with E-state index in [0.717, 1.165) is 11.8 Å². The second-order valence-corrected chi connectivity index (χ2v) is 4.06. The zero-order chi connectivity index (χ0) is 11.5. The molecule has 0 aromatic heterocycles. The summed E-state index contributed by atoms with van der Waals surface area (Å²) in [4.78, 5) is 10.6. The molecule has 16 heavy (non-hydrogen) atoms. The number of hydrogen-bond acceptors (Lipinski definition) is 1. The molecule has 0 fully saturated rings. The summed E-state index contributed by atoms with van der Waals surface area (Å²) in [5.41, 5.74) is 5.61. The van der Waals surface area contributed by atoms with E-state index in [9.17, 15) is 4.79 Å². The minimum absolute atomic E-state index is 0.717. The molecule has 0 radical (unpaired) electrons. The third-order valence-corrected chi connectivity index (χ3v) is 2.75. The SMILES string of the molecule is Cc1ccc(C)c(-c2ccc(C=O)cc2)c1. The van der Waals surface area contributed by atoms with Crippen molar-refractivity contribution in [2.24, 2.45) is 0 Å². The predicted octanol–water partition coefficient (Wildman–Crippen LogP) is 3.78. The van der Waals surface area contributed by atoms with E-state index in [1.807, 2.05) is 24.3 Å². The number of benzene rings is 2. The maximum absolute atomic E-state index is 10.6. The molecule has 0 bridgehead atoms. The molecule has 0 aliphatic rings. The van der Waals surface area contributed by atoms with Crippen LogP contribution in [0.15, 0.2) is 42.5 Å². The Hall–Kier alpha value is -1.89. The molecule has 0 N–H and O–H groups in total. The summed E-state index contributed by atoms with van der Waals surface area (Å²) in [5, 5.41) is 0. The van der Waals surface area contributed by atoms with E-state index < -0.39 is 0 Å². The number of rotatable bonds is 2. The van der Waals surface area contributed by atoms with Gasteiger partial charge in [-0.3, -0.25) is 4.79 Å². The first kappa shape index (κ1) is 10.6. The lowest BCUT2D eigenvalue weighted by Crippen LogP contribution is -1.86. The first-order valence-corrected chi connectivity index (χ1v) is 5.33. The van der Waals surface area contributed by atoms with Gasteiger partial charge in [0.2, 0.25) is 0 Å². The fourth-order valence-electron chi connectivity index (χ4n) is 1.79. The molecule has 0 amide bonds. The Morgan fingerprint density at radius 1 is 0.938 bits per heavy atom. The molecule has 0 unspecified atom stereocenters. The fraction of sp³-hybridized carbons (Fsp3) is 0.133. The van der Waals surface area contributed by atoms with Crippen LogP contribution in [0.2, 0.25) is 0 Å². The van der Waals surface area contributed by atoms with Crippen LogP contribution in [-0.2, 0) is 0 Å². The van der Waals surface area contributed by atoms with Crippen LogP contribution < -0.4 is 0 Å². The predicted molar refractivity (Wildman–Crippen MR) is 66.7 cm³/mol. The smallest absolute Gasteiger partial charge is 0.150 e. The summed E-state index contributed by atoms with van der Waals surface area (Å²) in [6.07, 6.45) is 0.868. The Morgan fingerprint density at radius 2 is 1.62 bits per heavy atom. The topological polar surface area (TPSA) is 17.1 Å². The summed E-state index contributed by atoms with van der Waals surface area (Å²) in [6.45, 7) is 4.19. The average molecular weight is 210 g/mol. The number of aryl methyl sites for hydroxylation is 2. The summed E-state index contributed by atoms with van der Waals surface area (Å²) >= 11 is 0. The zero-order valence-electron chi connectivity index (χ0n) is 9.53. The average Bonchev–Trinajstić information content (AvgIpc) is 2.32. The standard InChI is InChI=1S/C15H14O/c1-11-3-4-12(2)15(9-11)14-7-5-13(10-16)6-8-14/h3-10H,1-2H3. The quantitative estimate of drug-likeness (QED) is 0.689. The van der Waals surface area contributed by atoms with Crippen molar-refractivity contribution in [3.05, 3.63) is 59.2 Å². The van der Waals surface area contributed by atoms with Crippen LogP contribution in [0.25, 0.3) is 11.1 Å². The molecule has 0 atom stereocenters. The van der Waals surface area contributed by atoms with Crippen molar-refractivity contribution < 1.29 is 4.79 Å². The monoisotopic (exact) mass is 210 g/mol. The molecule has 0 aliphatic heterocycles. The molecular weight excluding hydrogens is 196 g/mol. The molecule has 0 aliphatic carbocycles. The van der Waals surface area contributed by atoms with E-state index >= 15 is 0 Å². The van der Waals surface area contributed by atoms with Crippen molar-refractivity contribution in [3.8, 4) is 11.1 Å². The van der Waals surface area contributed by atoms with Crippen molar-refractivity contribution in [2.75, 3.05) is 0 Å². The van der Waals surface area contributed by atoms with Gasteiger partial charge in [-0.15, -0.1) is 0 Å². The van der Waals surface area contributed by atoms with E-state index in [1.165, 1.54) is 16.7 Å². The molecule has 80 valence electrons. The van der Waals surface area contributed by atoms with Gasteiger partial charge in [-0.2, -0.15) is 0 Å². The van der Waals surface area contributed by atoms with Crippen molar-refractivity contribution in [2.45, 2.75) is 13.8 Å². The van der Waals surface area contributed by atoms with E-state index in [-0.39, 0.29) is 0 Å². The number of aldehydes is 1. The van der Waals surface area contributed by atoms with Gasteiger partial charge < -0.3 is 0 Å². The molecule has 2 rings (SSSR count). The van der Waals surface area contributed by atoms with Crippen LogP contribution in [0.1, 0.15) is 21.5 Å². The van der Waals surface area contributed by atoms with Crippen molar-refractivity contribution in [1.29, 1.82) is 0 Å². The summed E-state index contributed by atoms with van der Waals surface area (Å²) in [6, 6.07) is 14.1. The Balaban J connectivity index is 2.49. The molecular formula is C15H14O. The molecule has 2 aromatic rings. The normalized spacial score (nSPS) is 10.1. The van der Waals surface area contributed by atoms with Gasteiger partial charge in [0.1, 0.15) is 6.29 Å². The first-order chi connectivity index (χ1) is 7.70. The molecule has 2 aromatic carbocycles. The largest absolute Gasteiger partial charge is 0.298 e. The third kappa shape index (κ3) is 2.03. The highest BCUT2D eigenvalue weighted by atomic mass is 16.1. The lowest BCUT2D eigenvalue weighted by atomic mass is 9.98. The van der Waals surface area contributed by atoms with E-state index in [1.54, 1.807) is 0 Å². The molecule has 0 heterocycles. The summed E-state index contributed by atoms with van der Waals surface area (Å²) in [5.74, 6) is 0. The third-order valence-electron chi connectivity index (χ3n) is 2.75. The number of hydrogen-bond donors (Lipinski definition) is 0. The summed E-state index contributed by atoms with van der Waals surface area (Å²) < 4.78 is 0. The van der Waals surface area contributed by atoms with Crippen molar-refractivity contribution in [1.82, 2.24) is 0 Å². The van der Waals surface area contributed by atoms with Crippen LogP contribution in [0.4, 0.5) is 0 Å². The van der Waals surface area contributed by atoms with Crippen LogP contribution in [0, 0.1) is 13.8 Å².